The molecule has 14 heavy (non-hydrogen) atoms. The summed E-state index contributed by atoms with van der Waals surface area (Å²) in [5.74, 6) is -0.298. The molecule has 0 amide bonds. The first kappa shape index (κ1) is 11.5. The van der Waals surface area contributed by atoms with Crippen LogP contribution in [0.1, 0.15) is 17.4 Å². The average Bonchev–Trinajstić information content (AvgIpc) is 2.18. The number of rotatable bonds is 3. The van der Waals surface area contributed by atoms with Crippen molar-refractivity contribution in [3.05, 3.63) is 34.3 Å². The molecule has 0 aliphatic carbocycles. The van der Waals surface area contributed by atoms with Crippen molar-refractivity contribution in [3.8, 4) is 0 Å². The van der Waals surface area contributed by atoms with E-state index in [1.54, 1.807) is 0 Å². The molecule has 0 N–H and O–H groups in total. The fourth-order valence-corrected chi connectivity index (χ4v) is 1.55. The molecule has 0 aromatic heterocycles. The average molecular weight is 278 g/mol. The van der Waals surface area contributed by atoms with Gasteiger partial charge < -0.3 is 4.74 Å². The molecule has 0 saturated carbocycles. The lowest BCUT2D eigenvalue weighted by Gasteiger charge is -2.07. The molecule has 1 rings (SSSR count). The zero-order chi connectivity index (χ0) is 10.6. The van der Waals surface area contributed by atoms with Crippen molar-refractivity contribution in [1.29, 1.82) is 0 Å². The van der Waals surface area contributed by atoms with Gasteiger partial charge in [0, 0.05) is 4.47 Å². The zero-order valence-electron chi connectivity index (χ0n) is 7.67. The van der Waals surface area contributed by atoms with Gasteiger partial charge in [-0.1, -0.05) is 28.1 Å². The van der Waals surface area contributed by atoms with Crippen molar-refractivity contribution in [2.45, 2.75) is 11.8 Å². The number of ether oxygens (including phenoxy) is 1. The molecule has 0 aliphatic heterocycles. The standard InChI is InChI=1S/C10H10BrClO2/c1-14-10(13)6-9(12)7-2-4-8(11)5-3-7/h2-5,9H,6H2,1H3/t9-/m0/s1. The van der Waals surface area contributed by atoms with Crippen LogP contribution in [0.25, 0.3) is 0 Å². The maximum absolute atomic E-state index is 10.9. The number of methoxy groups -OCH3 is 1. The van der Waals surface area contributed by atoms with E-state index in [0.717, 1.165) is 10.0 Å². The van der Waals surface area contributed by atoms with Crippen LogP contribution in [0, 0.1) is 0 Å². The normalized spacial score (nSPS) is 12.2. The smallest absolute Gasteiger partial charge is 0.307 e. The van der Waals surface area contributed by atoms with Gasteiger partial charge in [-0.3, -0.25) is 4.79 Å². The van der Waals surface area contributed by atoms with Gasteiger partial charge in [-0.2, -0.15) is 0 Å². The van der Waals surface area contributed by atoms with E-state index in [4.69, 9.17) is 11.6 Å². The van der Waals surface area contributed by atoms with Gasteiger partial charge in [0.25, 0.3) is 0 Å². The van der Waals surface area contributed by atoms with Crippen LogP contribution in [-0.4, -0.2) is 13.1 Å². The number of halogens is 2. The number of esters is 1. The molecule has 0 aliphatic rings. The summed E-state index contributed by atoms with van der Waals surface area (Å²) in [6.45, 7) is 0. The number of hydrogen-bond donors (Lipinski definition) is 0. The second-order valence-electron chi connectivity index (χ2n) is 2.80. The predicted molar refractivity (Wildman–Crippen MR) is 59.4 cm³/mol. The molecular formula is C10H10BrClO2. The van der Waals surface area contributed by atoms with E-state index >= 15 is 0 Å². The molecule has 0 radical (unpaired) electrons. The van der Waals surface area contributed by atoms with E-state index in [1.807, 2.05) is 24.3 Å². The second kappa shape index (κ2) is 5.37. The number of carbonyl (C=O) groups is 1. The highest BCUT2D eigenvalue weighted by Gasteiger charge is 2.12. The van der Waals surface area contributed by atoms with Crippen LogP contribution in [0.2, 0.25) is 0 Å². The number of carbonyl (C=O) groups excluding carboxylic acids is 1. The Morgan fingerprint density at radius 1 is 1.50 bits per heavy atom. The first-order valence-corrected chi connectivity index (χ1v) is 5.32. The second-order valence-corrected chi connectivity index (χ2v) is 4.24. The van der Waals surface area contributed by atoms with Crippen LogP contribution in [0.3, 0.4) is 0 Å². The lowest BCUT2D eigenvalue weighted by atomic mass is 10.1. The van der Waals surface area contributed by atoms with Gasteiger partial charge in [0.05, 0.1) is 18.9 Å². The molecular weight excluding hydrogens is 267 g/mol. The molecule has 0 fully saturated rings. The molecule has 0 spiro atoms. The molecule has 0 bridgehead atoms. The molecule has 2 nitrogen and oxygen atoms in total. The Balaban J connectivity index is 2.65. The predicted octanol–water partition coefficient (Wildman–Crippen LogP) is 3.29. The van der Waals surface area contributed by atoms with E-state index in [0.29, 0.717) is 0 Å². The van der Waals surface area contributed by atoms with Crippen LogP contribution < -0.4 is 0 Å². The Morgan fingerprint density at radius 2 is 2.07 bits per heavy atom. The first-order valence-electron chi connectivity index (χ1n) is 4.10. The number of hydrogen-bond acceptors (Lipinski definition) is 2. The van der Waals surface area contributed by atoms with E-state index in [2.05, 4.69) is 20.7 Å². The SMILES string of the molecule is COC(=O)C[C@H](Cl)c1ccc(Br)cc1. The van der Waals surface area contributed by atoms with Gasteiger partial charge in [-0.05, 0) is 17.7 Å². The first-order chi connectivity index (χ1) is 6.63. The van der Waals surface area contributed by atoms with E-state index < -0.39 is 0 Å². The fraction of sp³-hybridized carbons (Fsp3) is 0.300. The quantitative estimate of drug-likeness (QED) is 0.626. The lowest BCUT2D eigenvalue weighted by Crippen LogP contribution is -2.04. The van der Waals surface area contributed by atoms with Crippen molar-refractivity contribution >= 4 is 33.5 Å². The summed E-state index contributed by atoms with van der Waals surface area (Å²) in [6.07, 6.45) is 0.194. The van der Waals surface area contributed by atoms with Crippen LogP contribution in [0.5, 0.6) is 0 Å². The van der Waals surface area contributed by atoms with E-state index in [1.165, 1.54) is 7.11 Å². The zero-order valence-corrected chi connectivity index (χ0v) is 10.0. The maximum Gasteiger partial charge on any atom is 0.307 e. The monoisotopic (exact) mass is 276 g/mol. The maximum atomic E-state index is 10.9. The van der Waals surface area contributed by atoms with Gasteiger partial charge >= 0.3 is 5.97 Å². The van der Waals surface area contributed by atoms with Crippen LogP contribution in [0.15, 0.2) is 28.7 Å². The minimum atomic E-state index is -0.324. The Bertz CT molecular complexity index is 310. The summed E-state index contributed by atoms with van der Waals surface area (Å²) < 4.78 is 5.52. The van der Waals surface area contributed by atoms with Crippen LogP contribution in [0.4, 0.5) is 0 Å². The Kier molecular flexibility index (Phi) is 4.42. The number of benzene rings is 1. The molecule has 76 valence electrons. The highest BCUT2D eigenvalue weighted by Crippen LogP contribution is 2.25. The topological polar surface area (TPSA) is 26.3 Å². The highest BCUT2D eigenvalue weighted by atomic mass is 79.9. The molecule has 0 saturated heterocycles. The minimum Gasteiger partial charge on any atom is -0.469 e. The molecule has 0 unspecified atom stereocenters. The third-order valence-corrected chi connectivity index (χ3v) is 2.74. The van der Waals surface area contributed by atoms with Gasteiger partial charge in [0.15, 0.2) is 0 Å². The Morgan fingerprint density at radius 3 is 2.57 bits per heavy atom. The Hall–Kier alpha value is -0.540. The molecule has 1 aromatic carbocycles. The van der Waals surface area contributed by atoms with E-state index in [9.17, 15) is 4.79 Å². The van der Waals surface area contributed by atoms with Crippen LogP contribution >= 0.6 is 27.5 Å². The van der Waals surface area contributed by atoms with Crippen molar-refractivity contribution < 1.29 is 9.53 Å². The summed E-state index contributed by atoms with van der Waals surface area (Å²) in [5, 5.41) is -0.324. The van der Waals surface area contributed by atoms with Crippen molar-refractivity contribution in [2.75, 3.05) is 7.11 Å². The Labute approximate surface area is 96.3 Å². The van der Waals surface area contributed by atoms with Gasteiger partial charge in [0.1, 0.15) is 0 Å². The third-order valence-electron chi connectivity index (χ3n) is 1.81. The fourth-order valence-electron chi connectivity index (χ4n) is 1.02. The summed E-state index contributed by atoms with van der Waals surface area (Å²) in [7, 11) is 1.35. The van der Waals surface area contributed by atoms with Gasteiger partial charge in [-0.15, -0.1) is 11.6 Å². The van der Waals surface area contributed by atoms with Crippen molar-refractivity contribution in [1.82, 2.24) is 0 Å². The van der Waals surface area contributed by atoms with Crippen molar-refractivity contribution in [3.63, 3.8) is 0 Å². The summed E-state index contributed by atoms with van der Waals surface area (Å²) in [6, 6.07) is 7.54. The lowest BCUT2D eigenvalue weighted by molar-refractivity contribution is -0.140. The summed E-state index contributed by atoms with van der Waals surface area (Å²) in [4.78, 5) is 10.9. The molecule has 1 aromatic rings. The van der Waals surface area contributed by atoms with Crippen LogP contribution in [-0.2, 0) is 9.53 Å². The van der Waals surface area contributed by atoms with Gasteiger partial charge in [0.2, 0.25) is 0 Å². The molecule has 4 heteroatoms. The highest BCUT2D eigenvalue weighted by molar-refractivity contribution is 9.10. The third kappa shape index (κ3) is 3.31. The molecule has 1 atom stereocenters. The minimum absolute atomic E-state index is 0.194. The van der Waals surface area contributed by atoms with Crippen molar-refractivity contribution in [2.24, 2.45) is 0 Å². The summed E-state index contributed by atoms with van der Waals surface area (Å²) >= 11 is 9.34. The summed E-state index contributed by atoms with van der Waals surface area (Å²) in [5.41, 5.74) is 0.917. The van der Waals surface area contributed by atoms with Gasteiger partial charge in [-0.25, -0.2) is 0 Å². The molecule has 0 heterocycles. The van der Waals surface area contributed by atoms with E-state index in [-0.39, 0.29) is 17.8 Å². The number of alkyl halides is 1. The largest absolute Gasteiger partial charge is 0.469 e.